The van der Waals surface area contributed by atoms with Gasteiger partial charge in [0.05, 0.1) is 28.4 Å². The molecule has 0 saturated heterocycles. The molecule has 1 saturated carbocycles. The predicted molar refractivity (Wildman–Crippen MR) is 108 cm³/mol. The van der Waals surface area contributed by atoms with Crippen molar-refractivity contribution >= 4 is 28.5 Å². The lowest BCUT2D eigenvalue weighted by molar-refractivity contribution is -0.125. The van der Waals surface area contributed by atoms with E-state index in [1.54, 1.807) is 19.1 Å². The summed E-state index contributed by atoms with van der Waals surface area (Å²) in [5, 5.41) is 13.1. The van der Waals surface area contributed by atoms with Crippen LogP contribution < -0.4 is 15.8 Å². The number of aryl methyl sites for hydroxylation is 1. The average Bonchev–Trinajstić information content (AvgIpc) is 2.62. The van der Waals surface area contributed by atoms with E-state index in [4.69, 9.17) is 10.5 Å². The molecule has 1 aliphatic rings. The number of nitrogen functional groups attached to an aromatic ring is 1. The number of anilines is 1. The van der Waals surface area contributed by atoms with E-state index in [2.05, 4.69) is 10.3 Å². The van der Waals surface area contributed by atoms with Crippen LogP contribution in [0.15, 0.2) is 18.2 Å². The van der Waals surface area contributed by atoms with Crippen LogP contribution in [0.5, 0.6) is 5.75 Å². The summed E-state index contributed by atoms with van der Waals surface area (Å²) in [7, 11) is 0. The molecule has 0 unspecified atom stereocenters. The fourth-order valence-electron chi connectivity index (χ4n) is 3.68. The molecule has 3 rings (SSSR count). The van der Waals surface area contributed by atoms with Gasteiger partial charge < -0.3 is 20.9 Å². The molecular formula is C21H27N3O4. The molecule has 1 aromatic carbocycles. The summed E-state index contributed by atoms with van der Waals surface area (Å²) in [6, 6.07) is 5.61. The molecule has 0 aliphatic heterocycles. The number of nitrogens with one attached hydrogen (secondary N) is 1. The van der Waals surface area contributed by atoms with Gasteiger partial charge in [0.2, 0.25) is 5.91 Å². The number of amides is 1. The molecule has 1 aromatic heterocycles. The van der Waals surface area contributed by atoms with E-state index < -0.39 is 5.97 Å². The Hall–Kier alpha value is -2.83. The van der Waals surface area contributed by atoms with E-state index in [-0.39, 0.29) is 35.2 Å². The molecule has 150 valence electrons. The fourth-order valence-corrected chi connectivity index (χ4v) is 3.68. The van der Waals surface area contributed by atoms with Gasteiger partial charge in [-0.05, 0) is 44.7 Å². The minimum Gasteiger partial charge on any atom is -0.490 e. The van der Waals surface area contributed by atoms with E-state index >= 15 is 0 Å². The summed E-state index contributed by atoms with van der Waals surface area (Å²) < 4.78 is 6.20. The van der Waals surface area contributed by atoms with Gasteiger partial charge in [-0.25, -0.2) is 4.79 Å². The Kier molecular flexibility index (Phi) is 5.72. The van der Waals surface area contributed by atoms with E-state index in [0.29, 0.717) is 22.3 Å². The van der Waals surface area contributed by atoms with Crippen LogP contribution >= 0.6 is 0 Å². The van der Waals surface area contributed by atoms with Crippen LogP contribution in [0.4, 0.5) is 5.69 Å². The molecule has 0 atom stereocenters. The van der Waals surface area contributed by atoms with Crippen molar-refractivity contribution in [2.75, 3.05) is 5.73 Å². The number of pyridine rings is 1. The number of ether oxygens (including phenoxy) is 1. The third-order valence-electron chi connectivity index (χ3n) is 5.25. The zero-order chi connectivity index (χ0) is 20.4. The molecule has 1 fully saturated rings. The Bertz CT molecular complexity index is 902. The van der Waals surface area contributed by atoms with Crippen molar-refractivity contribution in [1.82, 2.24) is 10.3 Å². The summed E-state index contributed by atoms with van der Waals surface area (Å²) in [6.45, 7) is 5.41. The topological polar surface area (TPSA) is 115 Å². The molecule has 28 heavy (non-hydrogen) atoms. The number of benzene rings is 1. The zero-order valence-corrected chi connectivity index (χ0v) is 16.5. The number of aromatic nitrogens is 1. The summed E-state index contributed by atoms with van der Waals surface area (Å²) in [4.78, 5) is 27.8. The molecule has 7 nitrogen and oxygen atoms in total. The largest absolute Gasteiger partial charge is 0.490 e. The number of hydrogen-bond acceptors (Lipinski definition) is 5. The second kappa shape index (κ2) is 8.04. The van der Waals surface area contributed by atoms with E-state index in [1.807, 2.05) is 19.9 Å². The Labute approximate surface area is 164 Å². The van der Waals surface area contributed by atoms with Crippen LogP contribution in [0.25, 0.3) is 10.9 Å². The molecule has 0 bridgehead atoms. The number of hydrogen-bond donors (Lipinski definition) is 3. The number of carboxylic acids is 1. The molecule has 0 radical (unpaired) electrons. The normalized spacial score (nSPS) is 19.6. The number of carbonyl (C=O) groups is 2. The van der Waals surface area contributed by atoms with Crippen molar-refractivity contribution in [3.05, 3.63) is 29.5 Å². The Morgan fingerprint density at radius 1 is 1.25 bits per heavy atom. The molecule has 0 spiro atoms. The van der Waals surface area contributed by atoms with Crippen LogP contribution in [-0.4, -0.2) is 34.1 Å². The van der Waals surface area contributed by atoms with Crippen LogP contribution in [0.2, 0.25) is 0 Å². The monoisotopic (exact) mass is 385 g/mol. The van der Waals surface area contributed by atoms with Gasteiger partial charge in [0, 0.05) is 12.0 Å². The molecule has 2 aromatic rings. The number of fused-ring (bicyclic) bond motifs is 1. The van der Waals surface area contributed by atoms with E-state index in [9.17, 15) is 14.7 Å². The standard InChI is InChI=1S/C21H27N3O4/c1-11(2)20(25)24-13-7-9-14(10-8-13)28-16-6-4-5-15-18(16)19(22)17(21(26)27)12(3)23-15/h4-6,11,13-14H,7-10H2,1-3H3,(H2,22,23)(H,24,25)(H,26,27). The average molecular weight is 385 g/mol. The van der Waals surface area contributed by atoms with E-state index in [0.717, 1.165) is 25.7 Å². The zero-order valence-electron chi connectivity index (χ0n) is 16.5. The highest BCUT2D eigenvalue weighted by molar-refractivity contribution is 6.06. The first-order valence-corrected chi connectivity index (χ1v) is 9.67. The number of aromatic carboxylic acids is 1. The summed E-state index contributed by atoms with van der Waals surface area (Å²) in [6.07, 6.45) is 3.31. The summed E-state index contributed by atoms with van der Waals surface area (Å²) in [5.74, 6) is -0.485. The number of nitrogens with two attached hydrogens (primary N) is 1. The summed E-state index contributed by atoms with van der Waals surface area (Å²) >= 11 is 0. The van der Waals surface area contributed by atoms with E-state index in [1.165, 1.54) is 0 Å². The van der Waals surface area contributed by atoms with Gasteiger partial charge in [0.1, 0.15) is 11.3 Å². The first-order chi connectivity index (χ1) is 13.3. The van der Waals surface area contributed by atoms with Crippen molar-refractivity contribution in [1.29, 1.82) is 0 Å². The number of rotatable bonds is 5. The van der Waals surface area contributed by atoms with Gasteiger partial charge in [-0.1, -0.05) is 19.9 Å². The third-order valence-corrected chi connectivity index (χ3v) is 5.25. The maximum absolute atomic E-state index is 11.9. The highest BCUT2D eigenvalue weighted by atomic mass is 16.5. The smallest absolute Gasteiger partial charge is 0.339 e. The molecule has 7 heteroatoms. The van der Waals surface area contributed by atoms with Crippen molar-refractivity contribution in [2.24, 2.45) is 5.92 Å². The number of nitrogens with zero attached hydrogens (tertiary/aromatic N) is 1. The van der Waals surface area contributed by atoms with Gasteiger partial charge in [-0.15, -0.1) is 0 Å². The second-order valence-electron chi connectivity index (χ2n) is 7.70. The number of carbonyl (C=O) groups excluding carboxylic acids is 1. The van der Waals surface area contributed by atoms with Crippen molar-refractivity contribution in [3.8, 4) is 5.75 Å². The Balaban J connectivity index is 1.78. The SMILES string of the molecule is Cc1nc2cccc(OC3CCC(NC(=O)C(C)C)CC3)c2c(N)c1C(=O)O. The Morgan fingerprint density at radius 3 is 2.54 bits per heavy atom. The van der Waals surface area contributed by atoms with Crippen LogP contribution in [0, 0.1) is 12.8 Å². The quantitative estimate of drug-likeness (QED) is 0.728. The molecule has 4 N–H and O–H groups in total. The van der Waals surface area contributed by atoms with Gasteiger partial charge >= 0.3 is 5.97 Å². The highest BCUT2D eigenvalue weighted by Crippen LogP contribution is 2.35. The van der Waals surface area contributed by atoms with Gasteiger partial charge in [0.25, 0.3) is 0 Å². The maximum Gasteiger partial charge on any atom is 0.339 e. The van der Waals surface area contributed by atoms with Crippen LogP contribution in [0.1, 0.15) is 55.6 Å². The summed E-state index contributed by atoms with van der Waals surface area (Å²) in [5.41, 5.74) is 7.39. The first kappa shape index (κ1) is 19.9. The minimum atomic E-state index is -1.10. The van der Waals surface area contributed by atoms with Crippen molar-refractivity contribution in [3.63, 3.8) is 0 Å². The van der Waals surface area contributed by atoms with Crippen LogP contribution in [-0.2, 0) is 4.79 Å². The highest BCUT2D eigenvalue weighted by Gasteiger charge is 2.26. The minimum absolute atomic E-state index is 0.00761. The second-order valence-corrected chi connectivity index (χ2v) is 7.70. The van der Waals surface area contributed by atoms with Gasteiger partial charge in [0.15, 0.2) is 0 Å². The maximum atomic E-state index is 11.9. The lowest BCUT2D eigenvalue weighted by atomic mass is 9.92. The predicted octanol–water partition coefficient (Wildman–Crippen LogP) is 3.29. The van der Waals surface area contributed by atoms with Crippen molar-refractivity contribution < 1.29 is 19.4 Å². The molecule has 1 amide bonds. The third kappa shape index (κ3) is 4.03. The molecular weight excluding hydrogens is 358 g/mol. The van der Waals surface area contributed by atoms with Gasteiger partial charge in [-0.3, -0.25) is 9.78 Å². The van der Waals surface area contributed by atoms with Crippen molar-refractivity contribution in [2.45, 2.75) is 58.6 Å². The fraction of sp³-hybridized carbons (Fsp3) is 0.476. The molecule has 1 heterocycles. The number of carboxylic acid groups (broad SMARTS) is 1. The van der Waals surface area contributed by atoms with Gasteiger partial charge in [-0.2, -0.15) is 0 Å². The van der Waals surface area contributed by atoms with Crippen LogP contribution in [0.3, 0.4) is 0 Å². The first-order valence-electron chi connectivity index (χ1n) is 9.67. The molecule has 1 aliphatic carbocycles. The lowest BCUT2D eigenvalue weighted by Gasteiger charge is -2.30. The Morgan fingerprint density at radius 2 is 1.93 bits per heavy atom. The lowest BCUT2D eigenvalue weighted by Crippen LogP contribution is -2.41.